The second kappa shape index (κ2) is 15.3. The highest BCUT2D eigenvalue weighted by Crippen LogP contribution is 2.37. The van der Waals surface area contributed by atoms with E-state index in [1.807, 2.05) is 60.7 Å². The van der Waals surface area contributed by atoms with E-state index >= 15 is 0 Å². The number of ether oxygens (including phenoxy) is 3. The molecule has 1 aliphatic heterocycles. The SMILES string of the molecule is Cc1c(-c2ccc(Oc3ccccc3)cc2)n(CCc2ccc(OCCN3CCCCCC3)cc2)c2ccc(Oc3ccccc3)cc12. The maximum Gasteiger partial charge on any atom is 0.128 e. The zero-order chi connectivity index (χ0) is 32.5. The van der Waals surface area contributed by atoms with Gasteiger partial charge in [-0.25, -0.2) is 0 Å². The Labute approximate surface area is 284 Å². The van der Waals surface area contributed by atoms with Gasteiger partial charge in [-0.15, -0.1) is 0 Å². The molecule has 0 unspecified atom stereocenters. The van der Waals surface area contributed by atoms with Crippen LogP contribution < -0.4 is 14.2 Å². The minimum absolute atomic E-state index is 0.739. The highest BCUT2D eigenvalue weighted by atomic mass is 16.5. The van der Waals surface area contributed by atoms with Crippen LogP contribution >= 0.6 is 0 Å². The van der Waals surface area contributed by atoms with Gasteiger partial charge in [-0.1, -0.05) is 61.4 Å². The van der Waals surface area contributed by atoms with Gasteiger partial charge < -0.3 is 18.8 Å². The summed E-state index contributed by atoms with van der Waals surface area (Å²) in [6, 6.07) is 43.4. The summed E-state index contributed by atoms with van der Waals surface area (Å²) in [4.78, 5) is 2.54. The van der Waals surface area contributed by atoms with Crippen molar-refractivity contribution in [3.05, 3.63) is 139 Å². The van der Waals surface area contributed by atoms with E-state index in [0.717, 1.165) is 60.4 Å². The summed E-state index contributed by atoms with van der Waals surface area (Å²) in [5, 5.41) is 1.19. The van der Waals surface area contributed by atoms with E-state index in [1.165, 1.54) is 66.5 Å². The van der Waals surface area contributed by atoms with Crippen molar-refractivity contribution < 1.29 is 14.2 Å². The van der Waals surface area contributed by atoms with E-state index in [0.29, 0.717) is 0 Å². The van der Waals surface area contributed by atoms with Crippen molar-refractivity contribution in [2.75, 3.05) is 26.2 Å². The molecule has 0 radical (unpaired) electrons. The molecule has 0 amide bonds. The van der Waals surface area contributed by atoms with E-state index in [-0.39, 0.29) is 0 Å². The number of benzene rings is 5. The summed E-state index contributed by atoms with van der Waals surface area (Å²) in [6.45, 7) is 7.20. The minimum Gasteiger partial charge on any atom is -0.492 e. The summed E-state index contributed by atoms with van der Waals surface area (Å²) in [6.07, 6.45) is 6.24. The first kappa shape index (κ1) is 31.6. The molecule has 5 heteroatoms. The van der Waals surface area contributed by atoms with Gasteiger partial charge in [-0.3, -0.25) is 4.90 Å². The van der Waals surface area contributed by atoms with Gasteiger partial charge in [0.05, 0.1) is 5.69 Å². The van der Waals surface area contributed by atoms with Gasteiger partial charge in [0, 0.05) is 24.0 Å². The van der Waals surface area contributed by atoms with Crippen LogP contribution in [0.1, 0.15) is 36.8 Å². The van der Waals surface area contributed by atoms with Crippen LogP contribution in [0.4, 0.5) is 0 Å². The van der Waals surface area contributed by atoms with Gasteiger partial charge in [0.25, 0.3) is 0 Å². The third-order valence-corrected chi connectivity index (χ3v) is 9.30. The molecule has 1 saturated heterocycles. The van der Waals surface area contributed by atoms with Gasteiger partial charge in [0.15, 0.2) is 0 Å². The largest absolute Gasteiger partial charge is 0.492 e. The molecule has 1 aliphatic rings. The summed E-state index contributed by atoms with van der Waals surface area (Å²) >= 11 is 0. The molecule has 48 heavy (non-hydrogen) atoms. The standard InChI is InChI=1S/C43H44N2O3/c1-33-41-32-40(48-38-14-8-5-9-15-38)24-25-42(41)45(43(33)35-18-22-39(23-19-35)47-37-12-6-4-7-13-37)29-26-34-16-20-36(21-17-34)46-31-30-44-27-10-2-3-11-28-44/h4-9,12-25,32H,2-3,10-11,26-31H2,1H3. The second-order valence-electron chi connectivity index (χ2n) is 12.7. The third kappa shape index (κ3) is 7.75. The van der Waals surface area contributed by atoms with Crippen molar-refractivity contribution >= 4 is 10.9 Å². The van der Waals surface area contributed by atoms with Gasteiger partial charge in [0.2, 0.25) is 0 Å². The van der Waals surface area contributed by atoms with Gasteiger partial charge in [-0.05, 0) is 135 Å². The van der Waals surface area contributed by atoms with E-state index in [9.17, 15) is 0 Å². The van der Waals surface area contributed by atoms with E-state index < -0.39 is 0 Å². The summed E-state index contributed by atoms with van der Waals surface area (Å²) in [5.74, 6) is 4.25. The Kier molecular flexibility index (Phi) is 10.0. The van der Waals surface area contributed by atoms with Crippen molar-refractivity contribution in [2.24, 2.45) is 0 Å². The average molecular weight is 637 g/mol. The Hall–Kier alpha value is -5.00. The lowest BCUT2D eigenvalue weighted by molar-refractivity contribution is 0.214. The molecule has 5 nitrogen and oxygen atoms in total. The topological polar surface area (TPSA) is 35.9 Å². The third-order valence-electron chi connectivity index (χ3n) is 9.30. The molecule has 0 atom stereocenters. The molecular formula is C43H44N2O3. The monoisotopic (exact) mass is 636 g/mol. The maximum atomic E-state index is 6.24. The van der Waals surface area contributed by atoms with Crippen LogP contribution in [-0.2, 0) is 13.0 Å². The molecule has 0 N–H and O–H groups in total. The lowest BCUT2D eigenvalue weighted by Gasteiger charge is -2.19. The fraction of sp³-hybridized carbons (Fsp3) is 0.256. The molecular weight excluding hydrogens is 592 g/mol. The number of fused-ring (bicyclic) bond motifs is 1. The average Bonchev–Trinajstić information content (AvgIpc) is 3.24. The Bertz CT molecular complexity index is 1890. The van der Waals surface area contributed by atoms with Crippen LogP contribution in [-0.4, -0.2) is 35.7 Å². The molecule has 7 rings (SSSR count). The number of aryl methyl sites for hydroxylation is 3. The van der Waals surface area contributed by atoms with Gasteiger partial charge >= 0.3 is 0 Å². The quantitative estimate of drug-likeness (QED) is 0.134. The Morgan fingerprint density at radius 2 is 1.15 bits per heavy atom. The Morgan fingerprint density at radius 1 is 0.562 bits per heavy atom. The zero-order valence-electron chi connectivity index (χ0n) is 27.8. The molecule has 0 saturated carbocycles. The van der Waals surface area contributed by atoms with E-state index in [2.05, 4.69) is 83.1 Å². The number of hydrogen-bond donors (Lipinski definition) is 0. The van der Waals surface area contributed by atoms with E-state index in [4.69, 9.17) is 14.2 Å². The van der Waals surface area contributed by atoms with Crippen molar-refractivity contribution in [2.45, 2.75) is 45.6 Å². The van der Waals surface area contributed by atoms with Crippen molar-refractivity contribution in [3.63, 3.8) is 0 Å². The molecule has 244 valence electrons. The molecule has 5 aromatic carbocycles. The molecule has 2 heterocycles. The molecule has 0 bridgehead atoms. The molecule has 0 aliphatic carbocycles. The van der Waals surface area contributed by atoms with Crippen molar-refractivity contribution in [1.82, 2.24) is 9.47 Å². The summed E-state index contributed by atoms with van der Waals surface area (Å²) < 4.78 is 20.9. The predicted molar refractivity (Wildman–Crippen MR) is 196 cm³/mol. The van der Waals surface area contributed by atoms with Crippen LogP contribution in [0.3, 0.4) is 0 Å². The lowest BCUT2D eigenvalue weighted by Crippen LogP contribution is -2.29. The number of aromatic nitrogens is 1. The molecule has 1 aromatic heterocycles. The normalized spacial score (nSPS) is 13.7. The molecule has 1 fully saturated rings. The summed E-state index contributed by atoms with van der Waals surface area (Å²) in [7, 11) is 0. The smallest absolute Gasteiger partial charge is 0.128 e. The van der Waals surface area contributed by atoms with Crippen LogP contribution in [0, 0.1) is 6.92 Å². The highest BCUT2D eigenvalue weighted by Gasteiger charge is 2.17. The Morgan fingerprint density at radius 3 is 1.81 bits per heavy atom. The highest BCUT2D eigenvalue weighted by molar-refractivity contribution is 5.92. The zero-order valence-corrected chi connectivity index (χ0v) is 27.8. The summed E-state index contributed by atoms with van der Waals surface area (Å²) in [5.41, 5.74) is 6.08. The number of para-hydroxylation sites is 2. The van der Waals surface area contributed by atoms with Crippen LogP contribution in [0.25, 0.3) is 22.2 Å². The first-order valence-corrected chi connectivity index (χ1v) is 17.3. The van der Waals surface area contributed by atoms with Crippen LogP contribution in [0.15, 0.2) is 127 Å². The Balaban J connectivity index is 1.11. The van der Waals surface area contributed by atoms with Crippen molar-refractivity contribution in [1.29, 1.82) is 0 Å². The van der Waals surface area contributed by atoms with Crippen LogP contribution in [0.2, 0.25) is 0 Å². The first-order chi connectivity index (χ1) is 23.7. The number of likely N-dealkylation sites (tertiary alicyclic amines) is 1. The van der Waals surface area contributed by atoms with Crippen LogP contribution in [0.5, 0.6) is 28.7 Å². The number of nitrogens with zero attached hydrogens (tertiary/aromatic N) is 2. The van der Waals surface area contributed by atoms with Gasteiger partial charge in [-0.2, -0.15) is 0 Å². The lowest BCUT2D eigenvalue weighted by atomic mass is 10.1. The van der Waals surface area contributed by atoms with Crippen molar-refractivity contribution in [3.8, 4) is 40.0 Å². The molecule has 6 aromatic rings. The number of hydrogen-bond acceptors (Lipinski definition) is 4. The fourth-order valence-electron chi connectivity index (χ4n) is 6.75. The minimum atomic E-state index is 0.739. The predicted octanol–water partition coefficient (Wildman–Crippen LogP) is 10.7. The second-order valence-corrected chi connectivity index (χ2v) is 12.7. The fourth-order valence-corrected chi connectivity index (χ4v) is 6.75. The van der Waals surface area contributed by atoms with E-state index in [1.54, 1.807) is 0 Å². The van der Waals surface area contributed by atoms with Gasteiger partial charge in [0.1, 0.15) is 35.4 Å². The first-order valence-electron chi connectivity index (χ1n) is 17.3. The number of rotatable bonds is 12. The maximum absolute atomic E-state index is 6.24. The molecule has 0 spiro atoms.